The maximum Gasteiger partial charge on any atom is 0.255 e. The molecule has 5 aliphatic rings. The lowest BCUT2D eigenvalue weighted by Gasteiger charge is -2.52. The number of carbonyl (C=O) groups excluding carboxylic acids is 2. The topological polar surface area (TPSA) is 75.8 Å². The molecule has 2 aromatic carbocycles. The molecular formula is C27H28FNO5. The molecule has 1 amide bonds. The van der Waals surface area contributed by atoms with E-state index in [0.717, 1.165) is 25.7 Å². The van der Waals surface area contributed by atoms with Gasteiger partial charge in [-0.3, -0.25) is 9.59 Å². The number of nitrogens with zero attached hydrogens (tertiary/aromatic N) is 1. The van der Waals surface area contributed by atoms with Crippen LogP contribution in [-0.2, 0) is 11.3 Å². The van der Waals surface area contributed by atoms with E-state index in [9.17, 15) is 19.1 Å². The second kappa shape index (κ2) is 7.62. The smallest absolute Gasteiger partial charge is 0.255 e. The number of methoxy groups -OCH3 is 1. The molecule has 1 aliphatic heterocycles. The lowest BCUT2D eigenvalue weighted by molar-refractivity contribution is -0.101. The molecule has 1 heterocycles. The lowest BCUT2D eigenvalue weighted by atomic mass is 9.54. The van der Waals surface area contributed by atoms with Crippen molar-refractivity contribution in [2.45, 2.75) is 55.9 Å². The number of carbonyl (C=O) groups is 2. The minimum absolute atomic E-state index is 0.0222. The van der Waals surface area contributed by atoms with Crippen molar-refractivity contribution in [2.24, 2.45) is 11.8 Å². The summed E-state index contributed by atoms with van der Waals surface area (Å²) in [4.78, 5) is 28.4. The molecule has 5 atom stereocenters. The quantitative estimate of drug-likeness (QED) is 0.498. The molecule has 2 aromatic rings. The minimum atomic E-state index is -0.624. The highest BCUT2D eigenvalue weighted by Gasteiger charge is 2.77. The van der Waals surface area contributed by atoms with Gasteiger partial charge >= 0.3 is 0 Å². The number of ether oxygens (including phenoxy) is 2. The molecule has 1 N–H and O–H groups in total. The van der Waals surface area contributed by atoms with Crippen LogP contribution in [0, 0.1) is 17.7 Å². The number of benzene rings is 2. The molecule has 4 bridgehead atoms. The molecule has 1 saturated heterocycles. The summed E-state index contributed by atoms with van der Waals surface area (Å²) < 4.78 is 24.5. The number of ketones is 1. The molecule has 0 aromatic heterocycles. The molecule has 0 radical (unpaired) electrons. The maximum absolute atomic E-state index is 13.8. The minimum Gasteiger partial charge on any atom is -0.482 e. The summed E-state index contributed by atoms with van der Waals surface area (Å²) in [6.07, 6.45) is 4.40. The zero-order chi connectivity index (χ0) is 23.7. The third-order valence-electron chi connectivity index (χ3n) is 8.28. The average molecular weight is 466 g/mol. The largest absolute Gasteiger partial charge is 0.482 e. The van der Waals surface area contributed by atoms with Gasteiger partial charge in [-0.15, -0.1) is 0 Å². The summed E-state index contributed by atoms with van der Waals surface area (Å²) in [7, 11) is 1.55. The third-order valence-corrected chi connectivity index (χ3v) is 8.28. The Bertz CT molecular complexity index is 1180. The number of rotatable bonds is 7. The summed E-state index contributed by atoms with van der Waals surface area (Å²) in [5, 5.41) is 11.0. The Hall–Kier alpha value is -2.77. The Labute approximate surface area is 197 Å². The molecule has 4 aliphatic carbocycles. The zero-order valence-corrected chi connectivity index (χ0v) is 19.1. The second-order valence-electron chi connectivity index (χ2n) is 10.5. The molecule has 34 heavy (non-hydrogen) atoms. The van der Waals surface area contributed by atoms with Crippen LogP contribution in [0.5, 0.6) is 5.75 Å². The first kappa shape index (κ1) is 21.7. The van der Waals surface area contributed by atoms with Gasteiger partial charge in [0.15, 0.2) is 24.0 Å². The first-order valence-corrected chi connectivity index (χ1v) is 11.9. The number of Topliss-reactive ketones (excluding diaryl/α,β-unsaturated/α-hetero) is 1. The van der Waals surface area contributed by atoms with Crippen molar-refractivity contribution < 1.29 is 28.6 Å². The summed E-state index contributed by atoms with van der Waals surface area (Å²) >= 11 is 0. The first-order valence-electron chi connectivity index (χ1n) is 11.9. The lowest BCUT2D eigenvalue weighted by Crippen LogP contribution is -2.55. The summed E-state index contributed by atoms with van der Waals surface area (Å²) in [5.41, 5.74) is 0.727. The van der Waals surface area contributed by atoms with Gasteiger partial charge in [0.1, 0.15) is 0 Å². The van der Waals surface area contributed by atoms with Crippen LogP contribution in [0.1, 0.15) is 58.4 Å². The fourth-order valence-corrected chi connectivity index (χ4v) is 7.34. The second-order valence-corrected chi connectivity index (χ2v) is 10.5. The predicted octanol–water partition coefficient (Wildman–Crippen LogP) is 3.75. The van der Waals surface area contributed by atoms with Crippen LogP contribution in [0.25, 0.3) is 0 Å². The van der Waals surface area contributed by atoms with E-state index in [1.54, 1.807) is 37.4 Å². The van der Waals surface area contributed by atoms with Gasteiger partial charge in [-0.05, 0) is 67.3 Å². The van der Waals surface area contributed by atoms with Crippen LogP contribution >= 0.6 is 0 Å². The number of para-hydroxylation sites is 1. The third kappa shape index (κ3) is 3.28. The molecule has 5 unspecified atom stereocenters. The number of hydrogen-bond donors (Lipinski definition) is 1. The molecule has 6 nitrogen and oxygen atoms in total. The molecule has 178 valence electrons. The van der Waals surface area contributed by atoms with Gasteiger partial charge in [0, 0.05) is 24.7 Å². The zero-order valence-electron chi connectivity index (χ0n) is 19.1. The van der Waals surface area contributed by atoms with Gasteiger partial charge in [0.25, 0.3) is 5.91 Å². The Kier molecular flexibility index (Phi) is 4.87. The number of likely N-dealkylation sites (tertiary alicyclic amines) is 1. The first-order chi connectivity index (χ1) is 16.3. The molecule has 1 spiro atoms. The van der Waals surface area contributed by atoms with E-state index in [4.69, 9.17) is 9.47 Å². The van der Waals surface area contributed by atoms with E-state index in [0.29, 0.717) is 34.9 Å². The van der Waals surface area contributed by atoms with Crippen molar-refractivity contribution in [2.75, 3.05) is 13.7 Å². The van der Waals surface area contributed by atoms with Crippen LogP contribution in [0.4, 0.5) is 4.39 Å². The number of hydrogen-bond acceptors (Lipinski definition) is 5. The van der Waals surface area contributed by atoms with Crippen LogP contribution in [0.2, 0.25) is 0 Å². The van der Waals surface area contributed by atoms with Crippen molar-refractivity contribution in [3.8, 4) is 5.75 Å². The van der Waals surface area contributed by atoms with E-state index in [1.807, 2.05) is 4.90 Å². The van der Waals surface area contributed by atoms with Crippen molar-refractivity contribution in [1.82, 2.24) is 4.90 Å². The number of aliphatic hydroxyl groups is 1. The standard InChI is InChI=1S/C27H28FNO5/c1-33-13-19-9-17(22(30)14-34-23-5-3-2-4-21(23)28)6-7-20(19)25(31)29-24-18-8-16-10-26(32,12-18)15-27(24,29)11-16/h2-7,9,16,18,24,32H,8,10-15H2,1H3. The fraction of sp³-hybridized carbons (Fsp3) is 0.481. The molecule has 7 heteroatoms. The van der Waals surface area contributed by atoms with E-state index in [1.165, 1.54) is 12.1 Å². The summed E-state index contributed by atoms with van der Waals surface area (Å²) in [6, 6.07) is 11.1. The number of amides is 1. The molecule has 4 saturated carbocycles. The van der Waals surface area contributed by atoms with E-state index in [-0.39, 0.29) is 42.2 Å². The van der Waals surface area contributed by atoms with Crippen LogP contribution in [-0.4, -0.2) is 52.6 Å². The molecular weight excluding hydrogens is 437 g/mol. The van der Waals surface area contributed by atoms with Crippen molar-refractivity contribution in [1.29, 1.82) is 0 Å². The van der Waals surface area contributed by atoms with Gasteiger partial charge in [-0.2, -0.15) is 0 Å². The van der Waals surface area contributed by atoms with Crippen molar-refractivity contribution in [3.05, 3.63) is 65.0 Å². The Morgan fingerprint density at radius 3 is 2.76 bits per heavy atom. The predicted molar refractivity (Wildman–Crippen MR) is 121 cm³/mol. The summed E-state index contributed by atoms with van der Waals surface area (Å²) in [6.45, 7) is -0.114. The van der Waals surface area contributed by atoms with E-state index < -0.39 is 11.4 Å². The van der Waals surface area contributed by atoms with Crippen LogP contribution < -0.4 is 4.74 Å². The monoisotopic (exact) mass is 465 g/mol. The summed E-state index contributed by atoms with van der Waals surface area (Å²) in [5.74, 6) is 0.0150. The molecule has 5 fully saturated rings. The molecule has 7 rings (SSSR count). The van der Waals surface area contributed by atoms with E-state index >= 15 is 0 Å². The average Bonchev–Trinajstić information content (AvgIpc) is 3.44. The fourth-order valence-electron chi connectivity index (χ4n) is 7.34. The highest BCUT2D eigenvalue weighted by atomic mass is 19.1. The van der Waals surface area contributed by atoms with Crippen molar-refractivity contribution >= 4 is 11.7 Å². The van der Waals surface area contributed by atoms with Crippen LogP contribution in [0.15, 0.2) is 42.5 Å². The SMILES string of the molecule is COCc1cc(C(=O)COc2ccccc2F)ccc1C(=O)N1C2C3CC4CC(O)(C3)CC21C4. The van der Waals surface area contributed by atoms with E-state index in [2.05, 4.69) is 0 Å². The number of halogens is 1. The maximum atomic E-state index is 13.8. The van der Waals surface area contributed by atoms with Gasteiger partial charge < -0.3 is 19.5 Å². The van der Waals surface area contributed by atoms with Gasteiger partial charge in [-0.1, -0.05) is 18.2 Å². The normalized spacial score (nSPS) is 32.4. The highest BCUT2D eigenvalue weighted by Crippen LogP contribution is 2.69. The Morgan fingerprint density at radius 1 is 1.18 bits per heavy atom. The highest BCUT2D eigenvalue weighted by molar-refractivity contribution is 6.02. The van der Waals surface area contributed by atoms with Gasteiger partial charge in [0.2, 0.25) is 0 Å². The van der Waals surface area contributed by atoms with Gasteiger partial charge in [-0.25, -0.2) is 4.39 Å². The van der Waals surface area contributed by atoms with Crippen LogP contribution in [0.3, 0.4) is 0 Å². The Morgan fingerprint density at radius 2 is 2.00 bits per heavy atom. The van der Waals surface area contributed by atoms with Crippen molar-refractivity contribution in [3.63, 3.8) is 0 Å². The Balaban J connectivity index is 1.22. The van der Waals surface area contributed by atoms with Gasteiger partial charge in [0.05, 0.1) is 23.8 Å².